The van der Waals surface area contributed by atoms with Crippen LogP contribution in [0, 0.1) is 0 Å². The van der Waals surface area contributed by atoms with Crippen LogP contribution in [0.5, 0.6) is 11.5 Å². The number of hydrogen-bond acceptors (Lipinski definition) is 3. The Balaban J connectivity index is 1.68. The molecule has 4 nitrogen and oxygen atoms in total. The second kappa shape index (κ2) is 3.15. The van der Waals surface area contributed by atoms with Gasteiger partial charge in [-0.3, -0.25) is 0 Å². The molecule has 1 aliphatic carbocycles. The van der Waals surface area contributed by atoms with Gasteiger partial charge in [-0.25, -0.2) is 4.98 Å². The van der Waals surface area contributed by atoms with Crippen LogP contribution in [0.4, 0.5) is 0 Å². The summed E-state index contributed by atoms with van der Waals surface area (Å²) in [5.41, 5.74) is 3.72. The number of allylic oxidation sites excluding steroid dienone is 3. The van der Waals surface area contributed by atoms with Crippen molar-refractivity contribution in [2.45, 2.75) is 12.5 Å². The summed E-state index contributed by atoms with van der Waals surface area (Å²) in [7, 11) is 0. The Kier molecular flexibility index (Phi) is 1.62. The van der Waals surface area contributed by atoms with Crippen LogP contribution in [0.1, 0.15) is 18.3 Å². The summed E-state index contributed by atoms with van der Waals surface area (Å²) in [4.78, 5) is 4.42. The SMILES string of the molecule is CC12C=C1C(c1ccc3c(c1)OCO3)=Cc1nccn12. The number of imidazole rings is 1. The van der Waals surface area contributed by atoms with E-state index in [2.05, 4.69) is 34.7 Å². The van der Waals surface area contributed by atoms with Crippen LogP contribution in [-0.4, -0.2) is 16.3 Å². The molecule has 5 rings (SSSR count). The summed E-state index contributed by atoms with van der Waals surface area (Å²) >= 11 is 0. The van der Waals surface area contributed by atoms with Crippen LogP contribution in [0.3, 0.4) is 0 Å². The highest BCUT2D eigenvalue weighted by atomic mass is 16.7. The Bertz CT molecular complexity index is 816. The molecule has 98 valence electrons. The van der Waals surface area contributed by atoms with E-state index in [1.165, 1.54) is 11.1 Å². The van der Waals surface area contributed by atoms with E-state index in [4.69, 9.17) is 9.47 Å². The van der Waals surface area contributed by atoms with Crippen molar-refractivity contribution < 1.29 is 9.47 Å². The zero-order valence-corrected chi connectivity index (χ0v) is 11.0. The van der Waals surface area contributed by atoms with Crippen molar-refractivity contribution in [2.24, 2.45) is 0 Å². The lowest BCUT2D eigenvalue weighted by atomic mass is 9.95. The fourth-order valence-electron chi connectivity index (χ4n) is 3.12. The summed E-state index contributed by atoms with van der Waals surface area (Å²) in [6.07, 6.45) is 8.30. The normalized spacial score (nSPS) is 24.6. The van der Waals surface area contributed by atoms with Crippen molar-refractivity contribution in [3.05, 3.63) is 53.6 Å². The van der Waals surface area contributed by atoms with Crippen molar-refractivity contribution in [1.29, 1.82) is 0 Å². The molecular weight excluding hydrogens is 252 g/mol. The number of benzene rings is 1. The van der Waals surface area contributed by atoms with E-state index in [1.807, 2.05) is 24.5 Å². The molecule has 0 saturated carbocycles. The smallest absolute Gasteiger partial charge is 0.231 e. The first kappa shape index (κ1) is 10.3. The van der Waals surface area contributed by atoms with Gasteiger partial charge in [0.1, 0.15) is 5.82 Å². The second-order valence-corrected chi connectivity index (χ2v) is 5.49. The molecule has 1 aromatic carbocycles. The molecule has 0 saturated heterocycles. The maximum Gasteiger partial charge on any atom is 0.231 e. The predicted molar refractivity (Wildman–Crippen MR) is 74.4 cm³/mol. The van der Waals surface area contributed by atoms with Crippen molar-refractivity contribution in [3.63, 3.8) is 0 Å². The Labute approximate surface area is 116 Å². The molecular formula is C16H12N2O2. The van der Waals surface area contributed by atoms with E-state index < -0.39 is 0 Å². The first-order valence-corrected chi connectivity index (χ1v) is 6.65. The maximum atomic E-state index is 5.47. The molecule has 0 bridgehead atoms. The average molecular weight is 264 g/mol. The van der Waals surface area contributed by atoms with Crippen LogP contribution in [-0.2, 0) is 5.54 Å². The van der Waals surface area contributed by atoms with Gasteiger partial charge in [-0.1, -0.05) is 6.07 Å². The lowest BCUT2D eigenvalue weighted by molar-refractivity contribution is 0.174. The van der Waals surface area contributed by atoms with Gasteiger partial charge in [-0.2, -0.15) is 0 Å². The fourth-order valence-corrected chi connectivity index (χ4v) is 3.12. The molecule has 20 heavy (non-hydrogen) atoms. The van der Waals surface area contributed by atoms with Gasteiger partial charge in [0.2, 0.25) is 6.79 Å². The zero-order chi connectivity index (χ0) is 13.3. The highest BCUT2D eigenvalue weighted by Crippen LogP contribution is 2.53. The van der Waals surface area contributed by atoms with Gasteiger partial charge in [0.15, 0.2) is 11.5 Å². The molecule has 1 atom stereocenters. The predicted octanol–water partition coefficient (Wildman–Crippen LogP) is 2.82. The van der Waals surface area contributed by atoms with Gasteiger partial charge in [0, 0.05) is 12.4 Å². The van der Waals surface area contributed by atoms with Crippen molar-refractivity contribution in [2.75, 3.05) is 6.79 Å². The Hall–Kier alpha value is -2.49. The van der Waals surface area contributed by atoms with Gasteiger partial charge in [0.25, 0.3) is 0 Å². The largest absolute Gasteiger partial charge is 0.454 e. The molecule has 2 aromatic rings. The first-order valence-electron chi connectivity index (χ1n) is 6.65. The third-order valence-corrected chi connectivity index (χ3v) is 4.30. The van der Waals surface area contributed by atoms with Gasteiger partial charge in [-0.15, -0.1) is 0 Å². The first-order chi connectivity index (χ1) is 9.75. The van der Waals surface area contributed by atoms with Crippen molar-refractivity contribution in [3.8, 4) is 11.5 Å². The monoisotopic (exact) mass is 264 g/mol. The standard InChI is InChI=1S/C16H12N2O2/c1-16-8-12(16)11(7-15-17-4-5-18(15)16)10-2-3-13-14(6-10)20-9-19-13/h2-8H,9H2,1H3. The van der Waals surface area contributed by atoms with E-state index in [-0.39, 0.29) is 5.54 Å². The van der Waals surface area contributed by atoms with Crippen LogP contribution in [0.2, 0.25) is 0 Å². The molecule has 2 aliphatic heterocycles. The number of hydrogen-bond donors (Lipinski definition) is 0. The van der Waals surface area contributed by atoms with Crippen LogP contribution in [0.15, 0.2) is 42.2 Å². The Morgan fingerprint density at radius 3 is 3.10 bits per heavy atom. The fraction of sp³-hybridized carbons (Fsp3) is 0.188. The average Bonchev–Trinajstić information content (AvgIpc) is 2.87. The topological polar surface area (TPSA) is 36.3 Å². The van der Waals surface area contributed by atoms with Crippen LogP contribution >= 0.6 is 0 Å². The van der Waals surface area contributed by atoms with E-state index in [9.17, 15) is 0 Å². The molecule has 1 aromatic heterocycles. The molecule has 0 spiro atoms. The molecule has 0 fully saturated rings. The second-order valence-electron chi connectivity index (χ2n) is 5.49. The zero-order valence-electron chi connectivity index (χ0n) is 11.0. The Morgan fingerprint density at radius 2 is 2.15 bits per heavy atom. The minimum atomic E-state index is -0.00765. The summed E-state index contributed by atoms with van der Waals surface area (Å²) in [6.45, 7) is 2.52. The molecule has 0 amide bonds. The molecule has 4 heteroatoms. The molecule has 0 radical (unpaired) electrons. The lowest BCUT2D eigenvalue weighted by Gasteiger charge is -2.23. The molecule has 0 N–H and O–H groups in total. The Morgan fingerprint density at radius 1 is 1.25 bits per heavy atom. The lowest BCUT2D eigenvalue weighted by Crippen LogP contribution is -2.20. The van der Waals surface area contributed by atoms with E-state index in [0.29, 0.717) is 6.79 Å². The van der Waals surface area contributed by atoms with Gasteiger partial charge in [0.05, 0.1) is 5.54 Å². The summed E-state index contributed by atoms with van der Waals surface area (Å²) in [6, 6.07) is 6.10. The van der Waals surface area contributed by atoms with Crippen LogP contribution in [0.25, 0.3) is 11.6 Å². The van der Waals surface area contributed by atoms with Gasteiger partial charge >= 0.3 is 0 Å². The molecule has 3 heterocycles. The highest BCUT2D eigenvalue weighted by Gasteiger charge is 2.46. The van der Waals surface area contributed by atoms with Crippen LogP contribution < -0.4 is 9.47 Å². The van der Waals surface area contributed by atoms with E-state index >= 15 is 0 Å². The van der Waals surface area contributed by atoms with Crippen molar-refractivity contribution >= 4 is 11.6 Å². The number of aromatic nitrogens is 2. The summed E-state index contributed by atoms with van der Waals surface area (Å²) in [5.74, 6) is 2.64. The molecule has 1 unspecified atom stereocenters. The van der Waals surface area contributed by atoms with Gasteiger partial charge < -0.3 is 14.0 Å². The van der Waals surface area contributed by atoms with Gasteiger partial charge in [-0.05, 0) is 47.9 Å². The maximum absolute atomic E-state index is 5.47. The van der Waals surface area contributed by atoms with Crippen molar-refractivity contribution in [1.82, 2.24) is 9.55 Å². The number of fused-ring (bicyclic) bond motifs is 4. The minimum Gasteiger partial charge on any atom is -0.454 e. The quantitative estimate of drug-likeness (QED) is 0.794. The highest BCUT2D eigenvalue weighted by molar-refractivity contribution is 5.98. The number of rotatable bonds is 1. The van der Waals surface area contributed by atoms with E-state index in [1.54, 1.807) is 0 Å². The number of nitrogens with zero attached hydrogens (tertiary/aromatic N) is 2. The minimum absolute atomic E-state index is 0.00765. The third kappa shape index (κ3) is 1.14. The van der Waals surface area contributed by atoms with E-state index in [0.717, 1.165) is 22.9 Å². The summed E-state index contributed by atoms with van der Waals surface area (Å²) in [5, 5.41) is 0. The molecule has 3 aliphatic rings. The summed E-state index contributed by atoms with van der Waals surface area (Å²) < 4.78 is 13.0. The number of ether oxygens (including phenoxy) is 2. The third-order valence-electron chi connectivity index (χ3n) is 4.30.